The minimum Gasteiger partial charge on any atom is -0.480 e. The largest absolute Gasteiger partial charge is 0.480 e. The van der Waals surface area contributed by atoms with Crippen LogP contribution in [0.25, 0.3) is 0 Å². The van der Waals surface area contributed by atoms with Crippen LogP contribution < -0.4 is 5.32 Å². The maximum atomic E-state index is 12.9. The quantitative estimate of drug-likeness (QED) is 0.577. The van der Waals surface area contributed by atoms with Crippen molar-refractivity contribution in [3.63, 3.8) is 0 Å². The van der Waals surface area contributed by atoms with E-state index in [0.29, 0.717) is 0 Å². The van der Waals surface area contributed by atoms with Gasteiger partial charge < -0.3 is 15.2 Å². The Hall–Kier alpha value is -2.51. The minimum absolute atomic E-state index is 0.0539. The van der Waals surface area contributed by atoms with Crippen LogP contribution in [0.5, 0.6) is 0 Å². The molecule has 0 saturated carbocycles. The lowest BCUT2D eigenvalue weighted by molar-refractivity contribution is -0.142. The van der Waals surface area contributed by atoms with Crippen molar-refractivity contribution in [2.75, 3.05) is 7.11 Å². The number of carbonyl (C=O) groups is 3. The molecule has 1 aromatic heterocycles. The number of aromatic nitrogens is 1. The van der Waals surface area contributed by atoms with Gasteiger partial charge in [0.15, 0.2) is 0 Å². The molecule has 20 heavy (non-hydrogen) atoms. The Morgan fingerprint density at radius 2 is 2.20 bits per heavy atom. The Morgan fingerprint density at radius 3 is 2.75 bits per heavy atom. The first-order valence-electron chi connectivity index (χ1n) is 5.66. The van der Waals surface area contributed by atoms with Gasteiger partial charge in [0.25, 0.3) is 5.91 Å². The summed E-state index contributed by atoms with van der Waals surface area (Å²) in [5.41, 5.74) is -0.0539. The number of esters is 1. The number of ether oxygens (including phenoxy) is 1. The van der Waals surface area contributed by atoms with Gasteiger partial charge in [-0.05, 0) is 12.5 Å². The third kappa shape index (κ3) is 4.63. The van der Waals surface area contributed by atoms with E-state index in [1.165, 1.54) is 13.2 Å². The highest BCUT2D eigenvalue weighted by Crippen LogP contribution is 2.04. The number of hydrogen-bond donors (Lipinski definition) is 2. The van der Waals surface area contributed by atoms with E-state index in [1.807, 2.05) is 0 Å². The summed E-state index contributed by atoms with van der Waals surface area (Å²) in [4.78, 5) is 37.0. The molecule has 1 rings (SSSR count). The average molecular weight is 284 g/mol. The minimum atomic E-state index is -1.29. The van der Waals surface area contributed by atoms with Gasteiger partial charge in [-0.2, -0.15) is 4.39 Å². The van der Waals surface area contributed by atoms with Crippen molar-refractivity contribution in [1.82, 2.24) is 10.3 Å². The van der Waals surface area contributed by atoms with Gasteiger partial charge in [0.2, 0.25) is 5.95 Å². The molecule has 1 aromatic rings. The fourth-order valence-electron chi connectivity index (χ4n) is 1.41. The number of halogens is 1. The van der Waals surface area contributed by atoms with E-state index in [-0.39, 0.29) is 18.4 Å². The predicted molar refractivity (Wildman–Crippen MR) is 64.3 cm³/mol. The Morgan fingerprint density at radius 1 is 1.50 bits per heavy atom. The molecule has 0 aromatic carbocycles. The number of nitrogens with zero attached hydrogens (tertiary/aromatic N) is 1. The van der Waals surface area contributed by atoms with E-state index >= 15 is 0 Å². The second kappa shape index (κ2) is 7.17. The van der Waals surface area contributed by atoms with E-state index in [0.717, 1.165) is 12.3 Å². The first-order valence-corrected chi connectivity index (χ1v) is 5.66. The van der Waals surface area contributed by atoms with Crippen molar-refractivity contribution in [3.8, 4) is 0 Å². The van der Waals surface area contributed by atoms with Gasteiger partial charge >= 0.3 is 11.9 Å². The molecule has 1 heterocycles. The summed E-state index contributed by atoms with van der Waals surface area (Å²) in [6.07, 6.45) is 0.814. The monoisotopic (exact) mass is 284 g/mol. The lowest BCUT2D eigenvalue weighted by atomic mass is 10.1. The van der Waals surface area contributed by atoms with Crippen LogP contribution in [0.3, 0.4) is 0 Å². The molecule has 0 aliphatic carbocycles. The Kier molecular flexibility index (Phi) is 5.57. The van der Waals surface area contributed by atoms with Gasteiger partial charge in [-0.1, -0.05) is 0 Å². The average Bonchev–Trinajstić information content (AvgIpc) is 2.42. The molecular weight excluding hydrogens is 271 g/mol. The number of carboxylic acids is 1. The number of hydrogen-bond acceptors (Lipinski definition) is 5. The van der Waals surface area contributed by atoms with Gasteiger partial charge in [-0.15, -0.1) is 0 Å². The molecule has 0 aliphatic rings. The molecule has 7 nitrogen and oxygen atoms in total. The Bertz CT molecular complexity index is 520. The third-order valence-corrected chi connectivity index (χ3v) is 2.46. The van der Waals surface area contributed by atoms with Crippen LogP contribution in [-0.2, 0) is 14.3 Å². The fraction of sp³-hybridized carbons (Fsp3) is 0.333. The number of methoxy groups -OCH3 is 1. The van der Waals surface area contributed by atoms with Crippen molar-refractivity contribution in [1.29, 1.82) is 0 Å². The molecule has 0 unspecified atom stereocenters. The second-order valence-electron chi connectivity index (χ2n) is 3.85. The summed E-state index contributed by atoms with van der Waals surface area (Å²) in [5, 5.41) is 11.2. The number of carbonyl (C=O) groups excluding carboxylic acids is 2. The highest BCUT2D eigenvalue weighted by molar-refractivity contribution is 5.96. The number of aliphatic carboxylic acids is 1. The van der Waals surface area contributed by atoms with Crippen molar-refractivity contribution in [3.05, 3.63) is 29.8 Å². The number of rotatable bonds is 6. The lowest BCUT2D eigenvalue weighted by Crippen LogP contribution is -2.41. The molecule has 0 bridgehead atoms. The van der Waals surface area contributed by atoms with Crippen molar-refractivity contribution in [2.24, 2.45) is 0 Å². The molecule has 0 fully saturated rings. The van der Waals surface area contributed by atoms with E-state index < -0.39 is 29.8 Å². The van der Waals surface area contributed by atoms with Crippen LogP contribution >= 0.6 is 0 Å². The summed E-state index contributed by atoms with van der Waals surface area (Å²) < 4.78 is 17.2. The molecule has 0 aliphatic heterocycles. The van der Waals surface area contributed by atoms with Gasteiger partial charge in [0.1, 0.15) is 6.04 Å². The van der Waals surface area contributed by atoms with Crippen molar-refractivity contribution >= 4 is 17.8 Å². The highest BCUT2D eigenvalue weighted by Gasteiger charge is 2.22. The molecule has 2 N–H and O–H groups in total. The second-order valence-corrected chi connectivity index (χ2v) is 3.85. The van der Waals surface area contributed by atoms with Gasteiger partial charge in [-0.3, -0.25) is 9.59 Å². The van der Waals surface area contributed by atoms with Crippen LogP contribution in [-0.4, -0.2) is 41.1 Å². The molecule has 0 spiro atoms. The van der Waals surface area contributed by atoms with Crippen LogP contribution in [0.2, 0.25) is 0 Å². The zero-order valence-corrected chi connectivity index (χ0v) is 10.6. The molecule has 0 saturated heterocycles. The van der Waals surface area contributed by atoms with Crippen LogP contribution in [0.1, 0.15) is 23.2 Å². The molecule has 8 heteroatoms. The standard InChI is InChI=1S/C12H13FN2O5/c1-20-10(16)3-2-8(12(18)19)15-11(17)7-4-5-14-9(13)6-7/h4-6,8H,2-3H2,1H3,(H,15,17)(H,18,19)/t8-/m1/s1. The third-order valence-electron chi connectivity index (χ3n) is 2.46. The highest BCUT2D eigenvalue weighted by atomic mass is 19.1. The molecule has 1 atom stereocenters. The zero-order chi connectivity index (χ0) is 15.1. The zero-order valence-electron chi connectivity index (χ0n) is 10.6. The van der Waals surface area contributed by atoms with E-state index in [4.69, 9.17) is 5.11 Å². The number of carboxylic acid groups (broad SMARTS) is 1. The topological polar surface area (TPSA) is 106 Å². The number of pyridine rings is 1. The van der Waals surface area contributed by atoms with Crippen molar-refractivity contribution < 1.29 is 28.6 Å². The summed E-state index contributed by atoms with van der Waals surface area (Å²) in [6, 6.07) is 0.865. The first kappa shape index (κ1) is 15.5. The van der Waals surface area contributed by atoms with E-state index in [2.05, 4.69) is 15.0 Å². The van der Waals surface area contributed by atoms with Gasteiger partial charge in [0.05, 0.1) is 7.11 Å². The van der Waals surface area contributed by atoms with Gasteiger partial charge in [-0.25, -0.2) is 9.78 Å². The summed E-state index contributed by atoms with van der Waals surface area (Å²) in [5.74, 6) is -3.49. The summed E-state index contributed by atoms with van der Waals surface area (Å²) >= 11 is 0. The number of amides is 1. The van der Waals surface area contributed by atoms with Crippen LogP contribution in [0.15, 0.2) is 18.3 Å². The molecule has 1 amide bonds. The van der Waals surface area contributed by atoms with E-state index in [1.54, 1.807) is 0 Å². The number of nitrogens with one attached hydrogen (secondary N) is 1. The normalized spacial score (nSPS) is 11.5. The Balaban J connectivity index is 2.68. The fourth-order valence-corrected chi connectivity index (χ4v) is 1.41. The lowest BCUT2D eigenvalue weighted by Gasteiger charge is -2.13. The molecular formula is C12H13FN2O5. The van der Waals surface area contributed by atoms with E-state index in [9.17, 15) is 18.8 Å². The summed E-state index contributed by atoms with van der Waals surface area (Å²) in [7, 11) is 1.18. The predicted octanol–water partition coefficient (Wildman–Crippen LogP) is 0.357. The maximum Gasteiger partial charge on any atom is 0.326 e. The van der Waals surface area contributed by atoms with Crippen LogP contribution in [0, 0.1) is 5.95 Å². The SMILES string of the molecule is COC(=O)CC[C@@H](NC(=O)c1ccnc(F)c1)C(=O)O. The van der Waals surface area contributed by atoms with Crippen LogP contribution in [0.4, 0.5) is 4.39 Å². The maximum absolute atomic E-state index is 12.9. The molecule has 108 valence electrons. The van der Waals surface area contributed by atoms with Gasteiger partial charge in [0, 0.05) is 24.2 Å². The first-order chi connectivity index (χ1) is 9.43. The Labute approximate surface area is 113 Å². The molecule has 0 radical (unpaired) electrons. The smallest absolute Gasteiger partial charge is 0.326 e. The summed E-state index contributed by atoms with van der Waals surface area (Å²) in [6.45, 7) is 0. The van der Waals surface area contributed by atoms with Crippen molar-refractivity contribution in [2.45, 2.75) is 18.9 Å².